The first-order valence-corrected chi connectivity index (χ1v) is 9.78. The predicted octanol–water partition coefficient (Wildman–Crippen LogP) is 3.35. The van der Waals surface area contributed by atoms with E-state index < -0.39 is 10.1 Å². The molecular weight excluding hydrogens is 324 g/mol. The molecular formula is C18H20N2O3S. The molecule has 0 amide bonds. The summed E-state index contributed by atoms with van der Waals surface area (Å²) in [7, 11) is -3.31. The first kappa shape index (κ1) is 15.7. The van der Waals surface area contributed by atoms with E-state index in [-0.39, 0.29) is 23.7 Å². The predicted molar refractivity (Wildman–Crippen MR) is 94.3 cm³/mol. The molecule has 5 nitrogen and oxygen atoms in total. The number of pyridine rings is 1. The molecule has 0 aliphatic carbocycles. The minimum Gasteiger partial charge on any atom is -0.270 e. The van der Waals surface area contributed by atoms with Crippen LogP contribution in [0.5, 0.6) is 0 Å². The highest BCUT2D eigenvalue weighted by Crippen LogP contribution is 2.45. The van der Waals surface area contributed by atoms with Crippen LogP contribution in [-0.2, 0) is 19.7 Å². The molecule has 1 aromatic carbocycles. The summed E-state index contributed by atoms with van der Waals surface area (Å²) in [5.74, 6) is 0.302. The summed E-state index contributed by atoms with van der Waals surface area (Å²) < 4.78 is 27.9. The van der Waals surface area contributed by atoms with Crippen LogP contribution in [0.15, 0.2) is 35.5 Å². The lowest BCUT2D eigenvalue weighted by atomic mass is 9.78. The minimum atomic E-state index is -3.31. The summed E-state index contributed by atoms with van der Waals surface area (Å²) in [4.78, 5) is 9.34. The number of fused-ring (bicyclic) bond motifs is 3. The van der Waals surface area contributed by atoms with Crippen LogP contribution < -0.4 is 0 Å². The molecule has 6 heteroatoms. The smallest absolute Gasteiger partial charge is 0.267 e. The number of aliphatic imine (C=N–C) groups is 1. The van der Waals surface area contributed by atoms with Crippen LogP contribution in [0.3, 0.4) is 0 Å². The van der Waals surface area contributed by atoms with Crippen molar-refractivity contribution >= 4 is 32.4 Å². The van der Waals surface area contributed by atoms with E-state index in [2.05, 4.69) is 31.0 Å². The second-order valence-electron chi connectivity index (χ2n) is 7.12. The van der Waals surface area contributed by atoms with Gasteiger partial charge in [-0.25, -0.2) is 0 Å². The van der Waals surface area contributed by atoms with E-state index in [0.29, 0.717) is 6.42 Å². The van der Waals surface area contributed by atoms with Gasteiger partial charge in [-0.2, -0.15) is 8.42 Å². The van der Waals surface area contributed by atoms with E-state index in [1.54, 1.807) is 6.20 Å². The van der Waals surface area contributed by atoms with Gasteiger partial charge in [-0.1, -0.05) is 19.9 Å². The second kappa shape index (κ2) is 5.36. The fourth-order valence-corrected chi connectivity index (χ4v) is 4.72. The third-order valence-electron chi connectivity index (χ3n) is 5.14. The van der Waals surface area contributed by atoms with Crippen molar-refractivity contribution in [3.63, 3.8) is 0 Å². The Morgan fingerprint density at radius 1 is 1.29 bits per heavy atom. The fourth-order valence-electron chi connectivity index (χ4n) is 3.58. The summed E-state index contributed by atoms with van der Waals surface area (Å²) in [6.45, 7) is 4.62. The summed E-state index contributed by atoms with van der Waals surface area (Å²) in [5, 5.41) is 1.07. The van der Waals surface area contributed by atoms with Gasteiger partial charge >= 0.3 is 0 Å². The summed E-state index contributed by atoms with van der Waals surface area (Å²) >= 11 is 0. The zero-order valence-corrected chi connectivity index (χ0v) is 14.6. The average molecular weight is 344 g/mol. The number of hydrogen-bond acceptors (Lipinski definition) is 5. The molecule has 1 aromatic heterocycles. The maximum absolute atomic E-state index is 11.4. The van der Waals surface area contributed by atoms with E-state index in [9.17, 15) is 8.42 Å². The van der Waals surface area contributed by atoms with E-state index >= 15 is 0 Å². The van der Waals surface area contributed by atoms with E-state index in [4.69, 9.17) is 9.18 Å². The Morgan fingerprint density at radius 2 is 2.12 bits per heavy atom. The van der Waals surface area contributed by atoms with Crippen molar-refractivity contribution in [1.29, 1.82) is 0 Å². The van der Waals surface area contributed by atoms with Crippen molar-refractivity contribution in [3.8, 4) is 0 Å². The summed E-state index contributed by atoms with van der Waals surface area (Å²) in [6, 6.07) is 8.15. The van der Waals surface area contributed by atoms with Gasteiger partial charge in [0.2, 0.25) is 0 Å². The SMILES string of the molecule is CC1(C)C(CC2CCS(=O)(=O)OC2)=Nc2c1ccc1ncccc21. The zero-order valence-electron chi connectivity index (χ0n) is 13.8. The van der Waals surface area contributed by atoms with Crippen molar-refractivity contribution in [2.75, 3.05) is 12.4 Å². The van der Waals surface area contributed by atoms with Crippen LogP contribution in [0, 0.1) is 5.92 Å². The van der Waals surface area contributed by atoms with E-state index in [0.717, 1.165) is 28.7 Å². The molecule has 1 atom stereocenters. The maximum atomic E-state index is 11.4. The molecule has 126 valence electrons. The highest BCUT2D eigenvalue weighted by Gasteiger charge is 2.37. The van der Waals surface area contributed by atoms with Crippen LogP contribution >= 0.6 is 0 Å². The fraction of sp³-hybridized carbons (Fsp3) is 0.444. The molecule has 2 aliphatic heterocycles. The Kier molecular flexibility index (Phi) is 3.51. The molecule has 0 saturated carbocycles. The molecule has 24 heavy (non-hydrogen) atoms. The van der Waals surface area contributed by atoms with Gasteiger partial charge in [-0.3, -0.25) is 14.2 Å². The Bertz CT molecular complexity index is 934. The Balaban J connectivity index is 1.68. The molecule has 0 radical (unpaired) electrons. The molecule has 0 spiro atoms. The third kappa shape index (κ3) is 2.54. The molecule has 1 fully saturated rings. The first-order valence-electron chi connectivity index (χ1n) is 8.20. The quantitative estimate of drug-likeness (QED) is 0.784. The normalized spacial score (nSPS) is 24.6. The number of benzene rings is 1. The van der Waals surface area contributed by atoms with Crippen LogP contribution in [-0.4, -0.2) is 31.5 Å². The monoisotopic (exact) mass is 344 g/mol. The topological polar surface area (TPSA) is 68.6 Å². The van der Waals surface area contributed by atoms with Gasteiger partial charge in [0.25, 0.3) is 10.1 Å². The van der Waals surface area contributed by atoms with Crippen LogP contribution in [0.25, 0.3) is 10.9 Å². The Morgan fingerprint density at radius 3 is 2.88 bits per heavy atom. The number of rotatable bonds is 2. The Hall–Kier alpha value is -1.79. The average Bonchev–Trinajstić information content (AvgIpc) is 2.81. The molecule has 2 aromatic rings. The number of nitrogens with zero attached hydrogens (tertiary/aromatic N) is 2. The molecule has 2 aliphatic rings. The number of aromatic nitrogens is 1. The second-order valence-corrected chi connectivity index (χ2v) is 8.88. The highest BCUT2D eigenvalue weighted by molar-refractivity contribution is 7.86. The van der Waals surface area contributed by atoms with Crippen LogP contribution in [0.4, 0.5) is 5.69 Å². The lowest BCUT2D eigenvalue weighted by Gasteiger charge is -2.27. The lowest BCUT2D eigenvalue weighted by Crippen LogP contribution is -2.32. The minimum absolute atomic E-state index is 0.102. The van der Waals surface area contributed by atoms with Crippen molar-refractivity contribution in [1.82, 2.24) is 4.98 Å². The lowest BCUT2D eigenvalue weighted by molar-refractivity contribution is 0.230. The van der Waals surface area contributed by atoms with Crippen LogP contribution in [0.2, 0.25) is 0 Å². The largest absolute Gasteiger partial charge is 0.270 e. The van der Waals surface area contributed by atoms with E-state index in [1.165, 1.54) is 5.56 Å². The summed E-state index contributed by atoms with van der Waals surface area (Å²) in [5.41, 5.74) is 4.11. The van der Waals surface area contributed by atoms with Gasteiger partial charge < -0.3 is 0 Å². The van der Waals surface area contributed by atoms with Gasteiger partial charge in [0.05, 0.1) is 23.6 Å². The van der Waals surface area contributed by atoms with Crippen molar-refractivity contribution in [2.24, 2.45) is 10.9 Å². The summed E-state index contributed by atoms with van der Waals surface area (Å²) in [6.07, 6.45) is 3.19. The van der Waals surface area contributed by atoms with Crippen LogP contribution in [0.1, 0.15) is 32.3 Å². The standard InChI is InChI=1S/C18H20N2O3S/c1-18(2)14-5-6-15-13(4-3-8-19-15)17(14)20-16(18)10-12-7-9-24(21,22)23-11-12/h3-6,8,12H,7,9-11H2,1-2H3. The zero-order chi connectivity index (χ0) is 16.9. The van der Waals surface area contributed by atoms with Gasteiger partial charge in [0, 0.05) is 22.7 Å². The van der Waals surface area contributed by atoms with Gasteiger partial charge in [-0.05, 0) is 42.5 Å². The molecule has 0 bridgehead atoms. The van der Waals surface area contributed by atoms with Crippen molar-refractivity contribution < 1.29 is 12.6 Å². The molecule has 0 N–H and O–H groups in total. The molecule has 3 heterocycles. The third-order valence-corrected chi connectivity index (χ3v) is 6.37. The Labute approximate surface area is 141 Å². The van der Waals surface area contributed by atoms with Gasteiger partial charge in [0.1, 0.15) is 0 Å². The molecule has 1 saturated heterocycles. The molecule has 4 rings (SSSR count). The maximum Gasteiger partial charge on any atom is 0.267 e. The number of hydrogen-bond donors (Lipinski definition) is 0. The van der Waals surface area contributed by atoms with E-state index in [1.807, 2.05) is 12.1 Å². The van der Waals surface area contributed by atoms with Gasteiger partial charge in [0.15, 0.2) is 0 Å². The molecule has 1 unspecified atom stereocenters. The first-order chi connectivity index (χ1) is 11.4. The van der Waals surface area contributed by atoms with Crippen molar-refractivity contribution in [3.05, 3.63) is 36.0 Å². The van der Waals surface area contributed by atoms with Gasteiger partial charge in [-0.15, -0.1) is 0 Å². The van der Waals surface area contributed by atoms with Crippen molar-refractivity contribution in [2.45, 2.75) is 32.1 Å². The highest BCUT2D eigenvalue weighted by atomic mass is 32.2.